The van der Waals surface area contributed by atoms with Gasteiger partial charge in [0.1, 0.15) is 0 Å². The number of hydrogen-bond acceptors (Lipinski definition) is 7. The number of hydrogen-bond donors (Lipinski definition) is 2. The number of carbonyl (C=O) groups is 1. The molecule has 0 aliphatic carbocycles. The second kappa shape index (κ2) is 13.9. The summed E-state index contributed by atoms with van der Waals surface area (Å²) in [6.07, 6.45) is 2.69. The maximum absolute atomic E-state index is 12.9. The Labute approximate surface area is 240 Å². The highest BCUT2D eigenvalue weighted by Crippen LogP contribution is 2.30. The Kier molecular flexibility index (Phi) is 10.4. The fourth-order valence-electron chi connectivity index (χ4n) is 4.47. The Bertz CT molecular complexity index is 1250. The fourth-order valence-corrected chi connectivity index (χ4v) is 5.75. The van der Waals surface area contributed by atoms with E-state index in [9.17, 15) is 10.0 Å². The van der Waals surface area contributed by atoms with Crippen LogP contribution in [0.5, 0.6) is 11.5 Å². The van der Waals surface area contributed by atoms with Crippen LogP contribution in [-0.2, 0) is 6.42 Å². The molecule has 39 heavy (non-hydrogen) atoms. The SMILES string of the molecule is COc1ccc(C(=O)NCC2CCN(Sc3ccc(N(C)O)cc3)CC2)cc1OCCc1ccc(C)cc1Cl. The Morgan fingerprint density at radius 3 is 2.51 bits per heavy atom. The van der Waals surface area contributed by atoms with Crippen LogP contribution >= 0.6 is 23.5 Å². The van der Waals surface area contributed by atoms with Gasteiger partial charge in [0.15, 0.2) is 11.5 Å². The molecule has 1 aliphatic rings. The zero-order chi connectivity index (χ0) is 27.8. The summed E-state index contributed by atoms with van der Waals surface area (Å²) in [7, 11) is 3.20. The van der Waals surface area contributed by atoms with Gasteiger partial charge in [-0.05, 0) is 97.3 Å². The molecular formula is C30H36ClN3O4S. The van der Waals surface area contributed by atoms with Crippen LogP contribution < -0.4 is 19.9 Å². The molecule has 0 saturated carbocycles. The average molecular weight is 570 g/mol. The summed E-state index contributed by atoms with van der Waals surface area (Å²) in [5.74, 6) is 1.45. The molecule has 3 aromatic rings. The van der Waals surface area contributed by atoms with E-state index >= 15 is 0 Å². The molecule has 1 fully saturated rings. The largest absolute Gasteiger partial charge is 0.493 e. The van der Waals surface area contributed by atoms with Crippen LogP contribution in [-0.4, -0.2) is 55.8 Å². The highest BCUT2D eigenvalue weighted by atomic mass is 35.5. The van der Waals surface area contributed by atoms with Crippen LogP contribution in [0.3, 0.4) is 0 Å². The van der Waals surface area contributed by atoms with E-state index in [1.54, 1.807) is 44.3 Å². The van der Waals surface area contributed by atoms with E-state index in [0.717, 1.165) is 57.7 Å². The third-order valence-corrected chi connectivity index (χ3v) is 8.29. The first-order valence-corrected chi connectivity index (χ1v) is 14.3. The lowest BCUT2D eigenvalue weighted by molar-refractivity contribution is 0.0941. The minimum absolute atomic E-state index is 0.116. The van der Waals surface area contributed by atoms with Crippen LogP contribution in [0.1, 0.15) is 34.3 Å². The summed E-state index contributed by atoms with van der Waals surface area (Å²) in [5.41, 5.74) is 3.45. The van der Waals surface area contributed by atoms with E-state index in [2.05, 4.69) is 9.62 Å². The molecular weight excluding hydrogens is 534 g/mol. The van der Waals surface area contributed by atoms with Crippen molar-refractivity contribution in [2.75, 3.05) is 45.5 Å². The predicted octanol–water partition coefficient (Wildman–Crippen LogP) is 6.25. The topological polar surface area (TPSA) is 74.3 Å². The number of hydroxylamine groups is 1. The number of rotatable bonds is 11. The number of amides is 1. The van der Waals surface area contributed by atoms with E-state index in [1.807, 2.05) is 49.4 Å². The van der Waals surface area contributed by atoms with Gasteiger partial charge in [0.05, 0.1) is 19.4 Å². The van der Waals surface area contributed by atoms with Gasteiger partial charge in [-0.25, -0.2) is 4.31 Å². The lowest BCUT2D eigenvalue weighted by Gasteiger charge is -2.31. The van der Waals surface area contributed by atoms with Crippen molar-refractivity contribution in [2.45, 2.75) is 31.1 Å². The molecule has 1 heterocycles. The number of nitrogens with zero attached hydrogens (tertiary/aromatic N) is 2. The van der Waals surface area contributed by atoms with Gasteiger partial charge in [0, 0.05) is 48.6 Å². The van der Waals surface area contributed by atoms with Crippen LogP contribution in [0.2, 0.25) is 5.02 Å². The first kappa shape index (κ1) is 29.1. The van der Waals surface area contributed by atoms with E-state index in [1.165, 1.54) is 0 Å². The van der Waals surface area contributed by atoms with Gasteiger partial charge in [-0.2, -0.15) is 0 Å². The molecule has 0 atom stereocenters. The van der Waals surface area contributed by atoms with Crippen molar-refractivity contribution in [2.24, 2.45) is 5.92 Å². The molecule has 2 N–H and O–H groups in total. The number of carbonyl (C=O) groups excluding carboxylic acids is 1. The number of piperidine rings is 1. The minimum Gasteiger partial charge on any atom is -0.493 e. The molecule has 7 nitrogen and oxygen atoms in total. The molecule has 0 spiro atoms. The summed E-state index contributed by atoms with van der Waals surface area (Å²) in [6.45, 7) is 4.99. The molecule has 0 radical (unpaired) electrons. The normalized spacial score (nSPS) is 14.2. The smallest absolute Gasteiger partial charge is 0.251 e. The highest BCUT2D eigenvalue weighted by molar-refractivity contribution is 7.97. The van der Waals surface area contributed by atoms with Gasteiger partial charge in [-0.15, -0.1) is 0 Å². The van der Waals surface area contributed by atoms with Crippen LogP contribution in [0, 0.1) is 12.8 Å². The summed E-state index contributed by atoms with van der Waals surface area (Å²) in [4.78, 5) is 14.1. The van der Waals surface area contributed by atoms with Crippen molar-refractivity contribution < 1.29 is 19.5 Å². The number of benzene rings is 3. The van der Waals surface area contributed by atoms with Gasteiger partial charge in [-0.1, -0.05) is 23.7 Å². The molecule has 0 unspecified atom stereocenters. The van der Waals surface area contributed by atoms with Gasteiger partial charge < -0.3 is 14.8 Å². The third kappa shape index (κ3) is 8.29. The van der Waals surface area contributed by atoms with Crippen molar-refractivity contribution in [1.29, 1.82) is 0 Å². The van der Waals surface area contributed by atoms with E-state index in [-0.39, 0.29) is 5.91 Å². The van der Waals surface area contributed by atoms with Crippen LogP contribution in [0.4, 0.5) is 5.69 Å². The Morgan fingerprint density at radius 1 is 1.10 bits per heavy atom. The number of methoxy groups -OCH3 is 1. The Hall–Kier alpha value is -2.91. The third-order valence-electron chi connectivity index (χ3n) is 6.83. The maximum Gasteiger partial charge on any atom is 0.251 e. The molecule has 3 aromatic carbocycles. The zero-order valence-electron chi connectivity index (χ0n) is 22.7. The number of halogens is 1. The van der Waals surface area contributed by atoms with Gasteiger partial charge in [0.2, 0.25) is 0 Å². The molecule has 1 saturated heterocycles. The second-order valence-corrected chi connectivity index (χ2v) is 11.3. The fraction of sp³-hybridized carbons (Fsp3) is 0.367. The second-order valence-electron chi connectivity index (χ2n) is 9.75. The van der Waals surface area contributed by atoms with Crippen LogP contribution in [0.15, 0.2) is 65.6 Å². The maximum atomic E-state index is 12.9. The molecule has 4 rings (SSSR count). The summed E-state index contributed by atoms with van der Waals surface area (Å²) >= 11 is 8.08. The first-order valence-electron chi connectivity index (χ1n) is 13.1. The molecule has 1 amide bonds. The zero-order valence-corrected chi connectivity index (χ0v) is 24.2. The van der Waals surface area contributed by atoms with Gasteiger partial charge in [0.25, 0.3) is 5.91 Å². The lowest BCUT2D eigenvalue weighted by Crippen LogP contribution is -2.36. The van der Waals surface area contributed by atoms with E-state index in [4.69, 9.17) is 21.1 Å². The molecule has 0 aromatic heterocycles. The molecule has 208 valence electrons. The minimum atomic E-state index is -0.116. The number of ether oxygens (including phenoxy) is 2. The number of aryl methyl sites for hydroxylation is 1. The van der Waals surface area contributed by atoms with Crippen molar-refractivity contribution in [3.8, 4) is 11.5 Å². The standard InChI is InChI=1S/C30H36ClN3O4S/c1-21-4-5-23(27(31)18-21)14-17-38-29-19-24(6-11-28(29)37-3)30(35)32-20-22-12-15-34(16-13-22)39-26-9-7-25(8-10-26)33(2)36/h4-11,18-19,22,36H,12-17,20H2,1-3H3,(H,32,35). The van der Waals surface area contributed by atoms with Crippen molar-refractivity contribution in [3.05, 3.63) is 82.4 Å². The monoisotopic (exact) mass is 569 g/mol. The first-order chi connectivity index (χ1) is 18.8. The van der Waals surface area contributed by atoms with Crippen molar-refractivity contribution in [3.63, 3.8) is 0 Å². The predicted molar refractivity (Wildman–Crippen MR) is 158 cm³/mol. The molecule has 1 aliphatic heterocycles. The average Bonchev–Trinajstić information content (AvgIpc) is 2.94. The summed E-state index contributed by atoms with van der Waals surface area (Å²) < 4.78 is 13.8. The summed E-state index contributed by atoms with van der Waals surface area (Å²) in [5, 5.41) is 14.5. The van der Waals surface area contributed by atoms with Crippen LogP contribution in [0.25, 0.3) is 0 Å². The van der Waals surface area contributed by atoms with Crippen molar-refractivity contribution >= 4 is 35.1 Å². The van der Waals surface area contributed by atoms with E-state index in [0.29, 0.717) is 42.6 Å². The van der Waals surface area contributed by atoms with Gasteiger partial charge >= 0.3 is 0 Å². The quantitative estimate of drug-likeness (QED) is 0.209. The highest BCUT2D eigenvalue weighted by Gasteiger charge is 2.21. The van der Waals surface area contributed by atoms with Crippen molar-refractivity contribution in [1.82, 2.24) is 9.62 Å². The molecule has 9 heteroatoms. The summed E-state index contributed by atoms with van der Waals surface area (Å²) in [6, 6.07) is 19.1. The van der Waals surface area contributed by atoms with Gasteiger partial charge in [-0.3, -0.25) is 15.1 Å². The lowest BCUT2D eigenvalue weighted by atomic mass is 9.98. The Morgan fingerprint density at radius 2 is 1.85 bits per heavy atom. The number of anilines is 1. The number of nitrogens with one attached hydrogen (secondary N) is 1. The van der Waals surface area contributed by atoms with E-state index < -0.39 is 0 Å². The Balaban J connectivity index is 1.24. The molecule has 0 bridgehead atoms.